The van der Waals surface area contributed by atoms with E-state index in [0.717, 1.165) is 35.0 Å². The Kier molecular flexibility index (Phi) is 6.84. The van der Waals surface area contributed by atoms with Crippen LogP contribution in [0.4, 0.5) is 4.39 Å². The van der Waals surface area contributed by atoms with Gasteiger partial charge in [-0.15, -0.1) is 0 Å². The van der Waals surface area contributed by atoms with Gasteiger partial charge in [0.1, 0.15) is 5.82 Å². The smallest absolute Gasteiger partial charge is 0.251 e. The highest BCUT2D eigenvalue weighted by atomic mass is 19.1. The summed E-state index contributed by atoms with van der Waals surface area (Å²) in [6.45, 7) is 3.93. The Bertz CT molecular complexity index is 994. The van der Waals surface area contributed by atoms with E-state index in [0.29, 0.717) is 24.6 Å². The molecule has 1 heterocycles. The Morgan fingerprint density at radius 2 is 1.93 bits per heavy atom. The molecule has 0 saturated carbocycles. The number of amides is 1. The van der Waals surface area contributed by atoms with Crippen LogP contribution in [-0.2, 0) is 13.0 Å². The lowest BCUT2D eigenvalue weighted by Crippen LogP contribution is -2.38. The van der Waals surface area contributed by atoms with Crippen molar-refractivity contribution in [1.29, 1.82) is 0 Å². The molecular weight excluding hydrogens is 369 g/mol. The van der Waals surface area contributed by atoms with Gasteiger partial charge in [0.05, 0.1) is 6.54 Å². The maximum absolute atomic E-state index is 13.5. The number of fused-ring (bicyclic) bond motifs is 1. The van der Waals surface area contributed by atoms with E-state index in [1.165, 1.54) is 6.07 Å². The molecule has 0 bridgehead atoms. The number of aromatic nitrogens is 1. The van der Waals surface area contributed by atoms with E-state index < -0.39 is 0 Å². The van der Waals surface area contributed by atoms with Crippen LogP contribution in [0.1, 0.15) is 28.4 Å². The van der Waals surface area contributed by atoms with Crippen LogP contribution in [0.2, 0.25) is 0 Å². The summed E-state index contributed by atoms with van der Waals surface area (Å²) < 4.78 is 13.5. The number of hydrogen-bond acceptors (Lipinski definition) is 2. The van der Waals surface area contributed by atoms with Crippen LogP contribution in [0.15, 0.2) is 53.7 Å². The van der Waals surface area contributed by atoms with Gasteiger partial charge in [-0.3, -0.25) is 4.79 Å². The molecule has 0 spiro atoms. The predicted molar refractivity (Wildman–Crippen MR) is 115 cm³/mol. The number of nitrogens with zero attached hydrogens (tertiary/aromatic N) is 1. The van der Waals surface area contributed by atoms with Crippen molar-refractivity contribution in [3.8, 4) is 0 Å². The summed E-state index contributed by atoms with van der Waals surface area (Å²) in [5.74, 6) is 0.379. The van der Waals surface area contributed by atoms with E-state index in [2.05, 4.69) is 25.9 Å². The zero-order valence-electron chi connectivity index (χ0n) is 16.7. The standard InChI is InChI=1S/C22H26FN5O/c1-3-25-22(28-13-15-4-6-16(7-5-15)21(29)24-2)26-11-10-17-14-27-20-9-8-18(23)12-19(17)20/h4-9,12,14,27H,3,10-11,13H2,1-2H3,(H,24,29)(H2,25,26,28). The van der Waals surface area contributed by atoms with Crippen LogP contribution in [0.25, 0.3) is 10.9 Å². The molecule has 6 nitrogen and oxygen atoms in total. The molecule has 0 atom stereocenters. The van der Waals surface area contributed by atoms with Gasteiger partial charge in [-0.25, -0.2) is 9.38 Å². The highest BCUT2D eigenvalue weighted by Crippen LogP contribution is 2.19. The molecule has 1 amide bonds. The number of benzene rings is 2. The summed E-state index contributed by atoms with van der Waals surface area (Å²) in [4.78, 5) is 19.4. The van der Waals surface area contributed by atoms with Crippen molar-refractivity contribution >= 4 is 22.8 Å². The fourth-order valence-corrected chi connectivity index (χ4v) is 3.09. The second-order valence-corrected chi connectivity index (χ2v) is 6.65. The first-order chi connectivity index (χ1) is 14.1. The topological polar surface area (TPSA) is 81.3 Å². The van der Waals surface area contributed by atoms with Crippen molar-refractivity contribution in [3.05, 3.63) is 71.2 Å². The van der Waals surface area contributed by atoms with Crippen molar-refractivity contribution < 1.29 is 9.18 Å². The number of nitrogens with one attached hydrogen (secondary N) is 4. The van der Waals surface area contributed by atoms with Crippen molar-refractivity contribution in [3.63, 3.8) is 0 Å². The first kappa shape index (κ1) is 20.4. The van der Waals surface area contributed by atoms with Gasteiger partial charge in [0.25, 0.3) is 5.91 Å². The largest absolute Gasteiger partial charge is 0.361 e. The summed E-state index contributed by atoms with van der Waals surface area (Å²) in [5, 5.41) is 10.1. The molecule has 1 aromatic heterocycles. The monoisotopic (exact) mass is 395 g/mol. The van der Waals surface area contributed by atoms with Crippen LogP contribution in [0, 0.1) is 5.82 Å². The van der Waals surface area contributed by atoms with Gasteiger partial charge in [0.15, 0.2) is 5.96 Å². The molecule has 4 N–H and O–H groups in total. The molecule has 0 saturated heterocycles. The normalized spacial score (nSPS) is 11.5. The highest BCUT2D eigenvalue weighted by Gasteiger charge is 2.06. The SMILES string of the molecule is CCNC(=NCc1ccc(C(=O)NC)cc1)NCCc1c[nH]c2ccc(F)cc12. The van der Waals surface area contributed by atoms with Gasteiger partial charge in [0.2, 0.25) is 0 Å². The highest BCUT2D eigenvalue weighted by molar-refractivity contribution is 5.94. The van der Waals surface area contributed by atoms with Crippen LogP contribution in [-0.4, -0.2) is 37.0 Å². The molecule has 0 unspecified atom stereocenters. The second-order valence-electron chi connectivity index (χ2n) is 6.65. The molecule has 0 aliphatic heterocycles. The maximum Gasteiger partial charge on any atom is 0.251 e. The fourth-order valence-electron chi connectivity index (χ4n) is 3.09. The molecule has 0 aliphatic rings. The van der Waals surface area contributed by atoms with Gasteiger partial charge < -0.3 is 20.9 Å². The van der Waals surface area contributed by atoms with Gasteiger partial charge in [-0.1, -0.05) is 12.1 Å². The molecule has 0 aliphatic carbocycles. The average Bonchev–Trinajstić information content (AvgIpc) is 3.14. The Labute approximate surface area is 169 Å². The molecule has 2 aromatic carbocycles. The Morgan fingerprint density at radius 3 is 2.66 bits per heavy atom. The minimum atomic E-state index is -0.233. The van der Waals surface area contributed by atoms with Crippen molar-refractivity contribution in [1.82, 2.24) is 20.9 Å². The molecule has 152 valence electrons. The fraction of sp³-hybridized carbons (Fsp3) is 0.273. The van der Waals surface area contributed by atoms with Gasteiger partial charge >= 0.3 is 0 Å². The zero-order chi connectivity index (χ0) is 20.6. The van der Waals surface area contributed by atoms with Crippen LogP contribution in [0.5, 0.6) is 0 Å². The minimum absolute atomic E-state index is 0.104. The number of hydrogen-bond donors (Lipinski definition) is 4. The van der Waals surface area contributed by atoms with Gasteiger partial charge in [0, 0.05) is 42.8 Å². The Hall–Kier alpha value is -3.35. The quantitative estimate of drug-likeness (QED) is 0.367. The summed E-state index contributed by atoms with van der Waals surface area (Å²) in [7, 11) is 1.61. The third-order valence-electron chi connectivity index (χ3n) is 4.62. The van der Waals surface area contributed by atoms with Gasteiger partial charge in [-0.2, -0.15) is 0 Å². The molecule has 3 aromatic rings. The summed E-state index contributed by atoms with van der Waals surface area (Å²) >= 11 is 0. The number of halogens is 1. The molecule has 0 fully saturated rings. The number of carbonyl (C=O) groups is 1. The summed E-state index contributed by atoms with van der Waals surface area (Å²) in [6, 6.07) is 12.2. The number of guanidine groups is 1. The zero-order valence-corrected chi connectivity index (χ0v) is 16.7. The van der Waals surface area contributed by atoms with Crippen LogP contribution in [0.3, 0.4) is 0 Å². The van der Waals surface area contributed by atoms with Crippen LogP contribution >= 0.6 is 0 Å². The first-order valence-corrected chi connectivity index (χ1v) is 9.69. The summed E-state index contributed by atoms with van der Waals surface area (Å²) in [6.07, 6.45) is 2.67. The van der Waals surface area contributed by atoms with Crippen molar-refractivity contribution in [2.45, 2.75) is 19.9 Å². The molecule has 29 heavy (non-hydrogen) atoms. The predicted octanol–water partition coefficient (Wildman–Crippen LogP) is 2.96. The number of aromatic amines is 1. The molecule has 0 radical (unpaired) electrons. The van der Waals surface area contributed by atoms with Gasteiger partial charge in [-0.05, 0) is 54.8 Å². The lowest BCUT2D eigenvalue weighted by Gasteiger charge is -2.11. The van der Waals surface area contributed by atoms with E-state index >= 15 is 0 Å². The first-order valence-electron chi connectivity index (χ1n) is 9.69. The van der Waals surface area contributed by atoms with E-state index in [4.69, 9.17) is 0 Å². The Balaban J connectivity index is 1.59. The molecular formula is C22H26FN5O. The minimum Gasteiger partial charge on any atom is -0.361 e. The third-order valence-corrected chi connectivity index (χ3v) is 4.62. The Morgan fingerprint density at radius 1 is 1.14 bits per heavy atom. The van der Waals surface area contributed by atoms with Crippen molar-refractivity contribution in [2.24, 2.45) is 4.99 Å². The molecule has 7 heteroatoms. The molecule has 3 rings (SSSR count). The summed E-state index contributed by atoms with van der Waals surface area (Å²) in [5.41, 5.74) is 3.64. The van der Waals surface area contributed by atoms with E-state index in [-0.39, 0.29) is 11.7 Å². The van der Waals surface area contributed by atoms with E-state index in [1.54, 1.807) is 31.3 Å². The van der Waals surface area contributed by atoms with Crippen LogP contribution < -0.4 is 16.0 Å². The van der Waals surface area contributed by atoms with E-state index in [9.17, 15) is 9.18 Å². The number of H-pyrrole nitrogens is 1. The maximum atomic E-state index is 13.5. The average molecular weight is 395 g/mol. The van der Waals surface area contributed by atoms with Crippen molar-refractivity contribution in [2.75, 3.05) is 20.1 Å². The second kappa shape index (κ2) is 9.73. The third kappa shape index (κ3) is 5.34. The number of carbonyl (C=O) groups excluding carboxylic acids is 1. The van der Waals surface area contributed by atoms with E-state index in [1.807, 2.05) is 25.3 Å². The lowest BCUT2D eigenvalue weighted by atomic mass is 10.1. The number of aliphatic imine (C=N–C) groups is 1. The lowest BCUT2D eigenvalue weighted by molar-refractivity contribution is 0.0963. The number of rotatable bonds is 7.